The number of nitrogens with two attached hydrogens (primary N) is 1. The molecule has 122 valence electrons. The summed E-state index contributed by atoms with van der Waals surface area (Å²) < 4.78 is 11.4. The largest absolute Gasteiger partial charge is 0.495 e. The third-order valence-corrected chi connectivity index (χ3v) is 3.63. The first-order valence-electron chi connectivity index (χ1n) is 7.10. The van der Waals surface area contributed by atoms with Gasteiger partial charge in [0.05, 0.1) is 25.4 Å². The van der Waals surface area contributed by atoms with Crippen LogP contribution in [0.5, 0.6) is 5.75 Å². The van der Waals surface area contributed by atoms with Crippen LogP contribution in [0.3, 0.4) is 0 Å². The zero-order valence-corrected chi connectivity index (χ0v) is 13.1. The van der Waals surface area contributed by atoms with Gasteiger partial charge in [0, 0.05) is 11.8 Å². The van der Waals surface area contributed by atoms with Gasteiger partial charge < -0.3 is 15.2 Å². The van der Waals surface area contributed by atoms with Crippen molar-refractivity contribution in [3.63, 3.8) is 0 Å². The Bertz CT molecular complexity index is 946. The van der Waals surface area contributed by atoms with Crippen LogP contribution in [-0.2, 0) is 4.74 Å². The summed E-state index contributed by atoms with van der Waals surface area (Å²) in [5.41, 5.74) is 7.14. The number of methoxy groups -OCH3 is 2. The van der Waals surface area contributed by atoms with E-state index in [1.54, 1.807) is 47.0 Å². The molecule has 24 heavy (non-hydrogen) atoms. The number of esters is 1. The topological polar surface area (TPSA) is 95.9 Å². The Hall–Kier alpha value is -3.35. The molecule has 2 aromatic heterocycles. The quantitative estimate of drug-likeness (QED) is 0.447. The number of aromatic nitrogens is 2. The van der Waals surface area contributed by atoms with Crippen LogP contribution >= 0.6 is 0 Å². The predicted octanol–water partition coefficient (Wildman–Crippen LogP) is 1.94. The molecule has 0 spiro atoms. The van der Waals surface area contributed by atoms with Crippen LogP contribution in [0.1, 0.15) is 26.7 Å². The molecule has 1 aromatic carbocycles. The van der Waals surface area contributed by atoms with Crippen LogP contribution in [0.4, 0.5) is 5.69 Å². The molecule has 0 aliphatic rings. The van der Waals surface area contributed by atoms with Gasteiger partial charge in [-0.3, -0.25) is 9.20 Å². The van der Waals surface area contributed by atoms with E-state index in [0.717, 1.165) is 0 Å². The molecular formula is C17H15N3O4. The average molecular weight is 325 g/mol. The minimum atomic E-state index is -0.604. The first kappa shape index (κ1) is 15.5. The van der Waals surface area contributed by atoms with E-state index in [-0.39, 0.29) is 17.3 Å². The van der Waals surface area contributed by atoms with E-state index >= 15 is 0 Å². The van der Waals surface area contributed by atoms with E-state index in [1.165, 1.54) is 14.2 Å². The third kappa shape index (κ3) is 2.45. The van der Waals surface area contributed by atoms with Crippen LogP contribution in [0, 0.1) is 0 Å². The second kappa shape index (κ2) is 6.04. The van der Waals surface area contributed by atoms with Gasteiger partial charge in [-0.2, -0.15) is 0 Å². The number of anilines is 1. The molecule has 3 rings (SSSR count). The number of fused-ring (bicyclic) bond motifs is 1. The normalized spacial score (nSPS) is 10.6. The highest BCUT2D eigenvalue weighted by Gasteiger charge is 2.23. The molecule has 3 aromatic rings. The van der Waals surface area contributed by atoms with Crippen molar-refractivity contribution in [3.05, 3.63) is 59.7 Å². The number of nitrogen functional groups attached to an aromatic ring is 1. The van der Waals surface area contributed by atoms with Crippen molar-refractivity contribution in [2.45, 2.75) is 0 Å². The van der Waals surface area contributed by atoms with Crippen molar-refractivity contribution in [1.82, 2.24) is 9.38 Å². The van der Waals surface area contributed by atoms with E-state index in [2.05, 4.69) is 4.98 Å². The van der Waals surface area contributed by atoms with Gasteiger partial charge in [0.25, 0.3) is 0 Å². The molecule has 0 bridgehead atoms. The highest BCUT2D eigenvalue weighted by Crippen LogP contribution is 2.24. The van der Waals surface area contributed by atoms with Crippen molar-refractivity contribution in [2.75, 3.05) is 20.0 Å². The van der Waals surface area contributed by atoms with E-state index < -0.39 is 5.97 Å². The van der Waals surface area contributed by atoms with Gasteiger partial charge in [0.15, 0.2) is 11.5 Å². The average Bonchev–Trinajstić information content (AvgIpc) is 3.00. The number of benzene rings is 1. The van der Waals surface area contributed by atoms with Gasteiger partial charge in [-0.1, -0.05) is 6.07 Å². The number of imidazole rings is 1. The van der Waals surface area contributed by atoms with Gasteiger partial charge in [0.1, 0.15) is 5.75 Å². The Kier molecular flexibility index (Phi) is 3.91. The second-order valence-corrected chi connectivity index (χ2v) is 5.02. The van der Waals surface area contributed by atoms with Crippen LogP contribution in [-0.4, -0.2) is 35.4 Å². The molecule has 0 atom stereocenters. The van der Waals surface area contributed by atoms with Gasteiger partial charge in [-0.15, -0.1) is 0 Å². The van der Waals surface area contributed by atoms with Gasteiger partial charge in [-0.25, -0.2) is 9.78 Å². The molecule has 7 nitrogen and oxygen atoms in total. The number of hydrogen-bond donors (Lipinski definition) is 1. The summed E-state index contributed by atoms with van der Waals surface area (Å²) in [5.74, 6) is -0.454. The number of nitrogens with zero attached hydrogens (tertiary/aromatic N) is 2. The molecule has 7 heteroatoms. The summed E-state index contributed by atoms with van der Waals surface area (Å²) in [6, 6.07) is 9.91. The highest BCUT2D eigenvalue weighted by atomic mass is 16.5. The second-order valence-electron chi connectivity index (χ2n) is 5.02. The number of carbonyl (C=O) groups is 2. The van der Waals surface area contributed by atoms with Crippen LogP contribution in [0.2, 0.25) is 0 Å². The molecule has 0 unspecified atom stereocenters. The van der Waals surface area contributed by atoms with Crippen molar-refractivity contribution in [1.29, 1.82) is 0 Å². The van der Waals surface area contributed by atoms with Gasteiger partial charge >= 0.3 is 5.97 Å². The highest BCUT2D eigenvalue weighted by molar-refractivity contribution is 6.09. The molecule has 0 aliphatic heterocycles. The number of pyridine rings is 1. The Labute approximate surface area is 137 Å². The van der Waals surface area contributed by atoms with E-state index in [9.17, 15) is 9.59 Å². The molecular weight excluding hydrogens is 310 g/mol. The Morgan fingerprint density at radius 1 is 1.17 bits per heavy atom. The maximum absolute atomic E-state index is 12.8. The molecule has 2 N–H and O–H groups in total. The van der Waals surface area contributed by atoms with Crippen molar-refractivity contribution in [3.8, 4) is 5.75 Å². The van der Waals surface area contributed by atoms with Crippen LogP contribution in [0.25, 0.3) is 5.52 Å². The first-order valence-corrected chi connectivity index (χ1v) is 7.10. The minimum absolute atomic E-state index is 0.0869. The van der Waals surface area contributed by atoms with E-state index in [1.807, 2.05) is 0 Å². The Balaban J connectivity index is 2.15. The zero-order valence-electron chi connectivity index (χ0n) is 13.1. The molecule has 2 heterocycles. The van der Waals surface area contributed by atoms with E-state index in [0.29, 0.717) is 22.5 Å². The summed E-state index contributed by atoms with van der Waals surface area (Å²) in [4.78, 5) is 28.9. The minimum Gasteiger partial charge on any atom is -0.495 e. The Morgan fingerprint density at radius 2 is 1.96 bits per heavy atom. The fourth-order valence-corrected chi connectivity index (χ4v) is 2.43. The lowest BCUT2D eigenvalue weighted by Gasteiger charge is -2.06. The monoisotopic (exact) mass is 325 g/mol. The van der Waals surface area contributed by atoms with Crippen molar-refractivity contribution >= 4 is 23.0 Å². The summed E-state index contributed by atoms with van der Waals surface area (Å²) in [6.45, 7) is 0. The zero-order chi connectivity index (χ0) is 17.3. The van der Waals surface area contributed by atoms with Crippen molar-refractivity contribution < 1.29 is 19.1 Å². The lowest BCUT2D eigenvalue weighted by atomic mass is 10.1. The number of rotatable bonds is 4. The molecule has 0 amide bonds. The third-order valence-electron chi connectivity index (χ3n) is 3.63. The predicted molar refractivity (Wildman–Crippen MR) is 87.4 cm³/mol. The number of hydrogen-bond acceptors (Lipinski definition) is 6. The van der Waals surface area contributed by atoms with Crippen LogP contribution < -0.4 is 10.5 Å². The Morgan fingerprint density at radius 3 is 2.67 bits per heavy atom. The standard InChI is InChI=1S/C17H15N3O4/c1-23-13-9-10(6-7-11(13)18)15(21)16-19-14(17(22)24-2)12-5-3-4-8-20(12)16/h3-9H,18H2,1-2H3. The maximum atomic E-state index is 12.8. The first-order chi connectivity index (χ1) is 11.6. The lowest BCUT2D eigenvalue weighted by molar-refractivity contribution is 0.0597. The summed E-state index contributed by atoms with van der Waals surface area (Å²) in [5, 5.41) is 0. The summed E-state index contributed by atoms with van der Waals surface area (Å²) in [7, 11) is 2.74. The number of ether oxygens (including phenoxy) is 2. The van der Waals surface area contributed by atoms with Crippen LogP contribution in [0.15, 0.2) is 42.6 Å². The molecule has 0 saturated heterocycles. The van der Waals surface area contributed by atoms with Gasteiger partial charge in [0.2, 0.25) is 5.78 Å². The SMILES string of the molecule is COC(=O)c1nc(C(=O)c2ccc(N)c(OC)c2)n2ccccc12. The van der Waals surface area contributed by atoms with E-state index in [4.69, 9.17) is 15.2 Å². The molecule has 0 fully saturated rings. The number of carbonyl (C=O) groups excluding carboxylic acids is 2. The maximum Gasteiger partial charge on any atom is 0.358 e. The number of ketones is 1. The van der Waals surface area contributed by atoms with Crippen molar-refractivity contribution in [2.24, 2.45) is 0 Å². The fraction of sp³-hybridized carbons (Fsp3) is 0.118. The summed E-state index contributed by atoms with van der Waals surface area (Å²) in [6.07, 6.45) is 1.66. The summed E-state index contributed by atoms with van der Waals surface area (Å²) >= 11 is 0. The molecule has 0 aliphatic carbocycles. The lowest BCUT2D eigenvalue weighted by Crippen LogP contribution is -2.08. The van der Waals surface area contributed by atoms with Gasteiger partial charge in [-0.05, 0) is 30.3 Å². The fourth-order valence-electron chi connectivity index (χ4n) is 2.43. The molecule has 0 radical (unpaired) electrons. The molecule has 0 saturated carbocycles. The smallest absolute Gasteiger partial charge is 0.358 e.